The molecule has 0 N–H and O–H groups in total. The lowest BCUT2D eigenvalue weighted by Crippen LogP contribution is -2.41. The normalized spacial score (nSPS) is 13.8. The second-order valence-electron chi connectivity index (χ2n) is 2.43. The van der Waals surface area contributed by atoms with Crippen LogP contribution in [0.1, 0.15) is 6.92 Å². The van der Waals surface area contributed by atoms with Gasteiger partial charge in [0.15, 0.2) is 0 Å². The number of ether oxygens (including phenoxy) is 1. The highest BCUT2D eigenvalue weighted by molar-refractivity contribution is 6.01. The minimum absolute atomic E-state index is 0.429. The Labute approximate surface area is 81.2 Å². The topological polar surface area (TPSA) is 43.4 Å². The van der Waals surface area contributed by atoms with Crippen LogP contribution in [0.25, 0.3) is 0 Å². The van der Waals surface area contributed by atoms with Crippen molar-refractivity contribution in [2.75, 3.05) is 6.61 Å². The Bertz CT molecular complexity index is 248. The summed E-state index contributed by atoms with van der Waals surface area (Å²) in [6.07, 6.45) is -9.22. The number of ketones is 1. The lowest BCUT2D eigenvalue weighted by molar-refractivity contribution is -0.201. The van der Waals surface area contributed by atoms with Gasteiger partial charge in [0, 0.05) is 0 Å². The van der Waals surface area contributed by atoms with Gasteiger partial charge >= 0.3 is 12.1 Å². The lowest BCUT2D eigenvalue weighted by Gasteiger charge is -2.16. The molecule has 0 amide bonds. The molecule has 15 heavy (non-hydrogen) atoms. The van der Waals surface area contributed by atoms with Crippen molar-refractivity contribution >= 4 is 11.8 Å². The molecule has 0 aromatic carbocycles. The van der Waals surface area contributed by atoms with Gasteiger partial charge < -0.3 is 4.74 Å². The van der Waals surface area contributed by atoms with Crippen LogP contribution in [0.4, 0.5) is 22.0 Å². The molecule has 0 aliphatic carbocycles. The number of halogens is 5. The molecule has 0 unspecified atom stereocenters. The van der Waals surface area contributed by atoms with Crippen LogP contribution in [-0.4, -0.2) is 31.0 Å². The van der Waals surface area contributed by atoms with Crippen LogP contribution in [0, 0.1) is 5.92 Å². The Kier molecular flexibility index (Phi) is 4.63. The largest absolute Gasteiger partial charge is 0.465 e. The third-order valence-electron chi connectivity index (χ3n) is 1.35. The molecule has 0 radical (unpaired) electrons. The monoisotopic (exact) mass is 234 g/mol. The van der Waals surface area contributed by atoms with Crippen LogP contribution < -0.4 is 0 Å². The van der Waals surface area contributed by atoms with E-state index in [0.29, 0.717) is 0 Å². The molecular weight excluding hydrogens is 227 g/mol. The van der Waals surface area contributed by atoms with E-state index in [1.165, 1.54) is 6.92 Å². The lowest BCUT2D eigenvalue weighted by atomic mass is 10.0. The smallest absolute Gasteiger partial charge is 0.409 e. The van der Waals surface area contributed by atoms with Gasteiger partial charge in [-0.1, -0.05) is 0 Å². The number of hydrogen-bond donors (Lipinski definition) is 0. The van der Waals surface area contributed by atoms with Crippen molar-refractivity contribution in [3.05, 3.63) is 0 Å². The highest BCUT2D eigenvalue weighted by atomic mass is 19.4. The molecule has 8 heteroatoms. The van der Waals surface area contributed by atoms with Crippen molar-refractivity contribution in [3.63, 3.8) is 0 Å². The Hall–Kier alpha value is -1.21. The number of alkyl halides is 5. The van der Waals surface area contributed by atoms with Crippen LogP contribution in [-0.2, 0) is 14.3 Å². The van der Waals surface area contributed by atoms with Crippen molar-refractivity contribution in [2.24, 2.45) is 5.92 Å². The van der Waals surface area contributed by atoms with Crippen LogP contribution in [0.5, 0.6) is 0 Å². The highest BCUT2D eigenvalue weighted by Gasteiger charge is 2.53. The van der Waals surface area contributed by atoms with Gasteiger partial charge in [0.1, 0.15) is 0 Å². The number of esters is 1. The van der Waals surface area contributed by atoms with Gasteiger partial charge in [0.25, 0.3) is 6.43 Å². The van der Waals surface area contributed by atoms with Gasteiger partial charge in [-0.05, 0) is 6.92 Å². The molecule has 1 atom stereocenters. The van der Waals surface area contributed by atoms with Gasteiger partial charge in [-0.2, -0.15) is 13.2 Å². The molecule has 3 nitrogen and oxygen atoms in total. The fourth-order valence-electron chi connectivity index (χ4n) is 0.763. The second kappa shape index (κ2) is 5.04. The summed E-state index contributed by atoms with van der Waals surface area (Å²) >= 11 is 0. The Morgan fingerprint density at radius 1 is 1.27 bits per heavy atom. The number of hydrogen-bond acceptors (Lipinski definition) is 3. The van der Waals surface area contributed by atoms with E-state index in [4.69, 9.17) is 0 Å². The molecular formula is C7H7F5O3. The molecule has 0 saturated heterocycles. The minimum Gasteiger partial charge on any atom is -0.465 e. The van der Waals surface area contributed by atoms with Gasteiger partial charge in [0.2, 0.25) is 11.7 Å². The maximum absolute atomic E-state index is 12.0. The van der Waals surface area contributed by atoms with E-state index in [-0.39, 0.29) is 0 Å². The first kappa shape index (κ1) is 13.8. The summed E-state index contributed by atoms with van der Waals surface area (Å²) in [4.78, 5) is 21.1. The first-order valence-electron chi connectivity index (χ1n) is 3.77. The van der Waals surface area contributed by atoms with E-state index < -0.39 is 36.9 Å². The minimum atomic E-state index is -5.36. The highest BCUT2D eigenvalue weighted by Crippen LogP contribution is 2.29. The standard InChI is InChI=1S/C7H7F5O3/c1-2-15-6(14)3(7(10,11)12)4(13)5(8)9/h3,5H,2H2,1H3/t3-/m1/s1. The van der Waals surface area contributed by atoms with Crippen molar-refractivity contribution in [2.45, 2.75) is 19.5 Å². The second-order valence-corrected chi connectivity index (χ2v) is 2.43. The summed E-state index contributed by atoms with van der Waals surface area (Å²) in [7, 11) is 0. The van der Waals surface area contributed by atoms with Gasteiger partial charge in [-0.15, -0.1) is 0 Å². The van der Waals surface area contributed by atoms with E-state index >= 15 is 0 Å². The van der Waals surface area contributed by atoms with Crippen molar-refractivity contribution in [1.82, 2.24) is 0 Å². The number of rotatable bonds is 4. The molecule has 0 heterocycles. The first-order valence-corrected chi connectivity index (χ1v) is 3.77. The van der Waals surface area contributed by atoms with Gasteiger partial charge in [-0.25, -0.2) is 8.78 Å². The number of carbonyl (C=O) groups is 2. The van der Waals surface area contributed by atoms with Gasteiger partial charge in [0.05, 0.1) is 6.61 Å². The summed E-state index contributed by atoms with van der Waals surface area (Å²) < 4.78 is 63.5. The summed E-state index contributed by atoms with van der Waals surface area (Å²) in [5.74, 6) is -7.91. The number of Topliss-reactive ketones (excluding diaryl/α,β-unsaturated/α-hetero) is 1. The van der Waals surface area contributed by atoms with Crippen LogP contribution in [0.15, 0.2) is 0 Å². The van der Waals surface area contributed by atoms with Crippen LogP contribution >= 0.6 is 0 Å². The molecule has 0 spiro atoms. The fourth-order valence-corrected chi connectivity index (χ4v) is 0.763. The third-order valence-corrected chi connectivity index (χ3v) is 1.35. The average Bonchev–Trinajstić information content (AvgIpc) is 2.01. The molecule has 0 aromatic rings. The maximum atomic E-state index is 12.0. The predicted octanol–water partition coefficient (Wildman–Crippen LogP) is 1.56. The van der Waals surface area contributed by atoms with Gasteiger partial charge in [-0.3, -0.25) is 9.59 Å². The summed E-state index contributed by atoms with van der Waals surface area (Å²) in [5, 5.41) is 0. The quantitative estimate of drug-likeness (QED) is 0.421. The molecule has 0 aliphatic rings. The van der Waals surface area contributed by atoms with E-state index in [9.17, 15) is 31.5 Å². The van der Waals surface area contributed by atoms with Crippen LogP contribution in [0.3, 0.4) is 0 Å². The third kappa shape index (κ3) is 3.80. The zero-order chi connectivity index (χ0) is 12.2. The molecule has 0 aromatic heterocycles. The molecule has 0 aliphatic heterocycles. The molecule has 0 bridgehead atoms. The van der Waals surface area contributed by atoms with Crippen molar-refractivity contribution < 1.29 is 36.3 Å². The SMILES string of the molecule is CCOC(=O)[C@@H](C(=O)C(F)F)C(F)(F)F. The zero-order valence-corrected chi connectivity index (χ0v) is 7.48. The summed E-state index contributed by atoms with van der Waals surface area (Å²) in [6, 6.07) is 0. The average molecular weight is 234 g/mol. The molecule has 0 fully saturated rings. The fraction of sp³-hybridized carbons (Fsp3) is 0.714. The Morgan fingerprint density at radius 2 is 1.73 bits per heavy atom. The van der Waals surface area contributed by atoms with Crippen molar-refractivity contribution in [3.8, 4) is 0 Å². The van der Waals surface area contributed by atoms with Crippen LogP contribution in [0.2, 0.25) is 0 Å². The predicted molar refractivity (Wildman–Crippen MR) is 37.2 cm³/mol. The van der Waals surface area contributed by atoms with E-state index in [2.05, 4.69) is 4.74 Å². The zero-order valence-electron chi connectivity index (χ0n) is 7.48. The van der Waals surface area contributed by atoms with E-state index in [0.717, 1.165) is 0 Å². The maximum Gasteiger partial charge on any atom is 0.409 e. The van der Waals surface area contributed by atoms with E-state index in [1.807, 2.05) is 0 Å². The molecule has 88 valence electrons. The summed E-state index contributed by atoms with van der Waals surface area (Å²) in [6.45, 7) is 0.764. The Morgan fingerprint density at radius 3 is 2.00 bits per heavy atom. The number of carbonyl (C=O) groups excluding carboxylic acids is 2. The first-order chi connectivity index (χ1) is 6.71. The summed E-state index contributed by atoms with van der Waals surface area (Å²) in [5.41, 5.74) is 0. The molecule has 0 rings (SSSR count). The van der Waals surface area contributed by atoms with E-state index in [1.54, 1.807) is 0 Å². The van der Waals surface area contributed by atoms with Crippen molar-refractivity contribution in [1.29, 1.82) is 0 Å². The molecule has 0 saturated carbocycles. The Balaban J connectivity index is 4.91.